The van der Waals surface area contributed by atoms with E-state index in [4.69, 9.17) is 9.47 Å². The second kappa shape index (κ2) is 8.00. The van der Waals surface area contributed by atoms with E-state index in [2.05, 4.69) is 10.2 Å². The molecule has 0 unspecified atom stereocenters. The number of piperazine rings is 1. The number of benzene rings is 1. The highest BCUT2D eigenvalue weighted by Gasteiger charge is 2.21. The fourth-order valence-electron chi connectivity index (χ4n) is 2.51. The smallest absolute Gasteiger partial charge is 0.322 e. The van der Waals surface area contributed by atoms with Crippen LogP contribution < -0.4 is 10.1 Å². The molecule has 1 aliphatic rings. The fraction of sp³-hybridized carbons (Fsp3) is 0.562. The number of urea groups is 1. The summed E-state index contributed by atoms with van der Waals surface area (Å²) in [6, 6.07) is 5.68. The first kappa shape index (κ1) is 16.6. The number of hydrogen-bond donors (Lipinski definition) is 1. The second-order valence-electron chi connectivity index (χ2n) is 5.46. The molecule has 1 heterocycles. The summed E-state index contributed by atoms with van der Waals surface area (Å²) in [6.45, 7) is 6.84. The summed E-state index contributed by atoms with van der Waals surface area (Å²) >= 11 is 0. The summed E-state index contributed by atoms with van der Waals surface area (Å²) in [5.74, 6) is 0.678. The monoisotopic (exact) mass is 307 g/mol. The van der Waals surface area contributed by atoms with Crippen LogP contribution in [0.1, 0.15) is 5.56 Å². The van der Waals surface area contributed by atoms with Gasteiger partial charge in [-0.2, -0.15) is 0 Å². The van der Waals surface area contributed by atoms with Gasteiger partial charge in [-0.1, -0.05) is 6.07 Å². The zero-order valence-electron chi connectivity index (χ0n) is 13.6. The Labute approximate surface area is 132 Å². The second-order valence-corrected chi connectivity index (χ2v) is 5.46. The number of carbonyl (C=O) groups excluding carboxylic acids is 1. The molecule has 6 heteroatoms. The number of rotatable bonds is 5. The van der Waals surface area contributed by atoms with E-state index in [0.29, 0.717) is 11.4 Å². The van der Waals surface area contributed by atoms with Gasteiger partial charge in [0.2, 0.25) is 0 Å². The third-order valence-corrected chi connectivity index (χ3v) is 3.87. The molecular weight excluding hydrogens is 282 g/mol. The zero-order valence-corrected chi connectivity index (χ0v) is 13.6. The lowest BCUT2D eigenvalue weighted by molar-refractivity contribution is 0.109. The van der Waals surface area contributed by atoms with Gasteiger partial charge >= 0.3 is 6.03 Å². The molecule has 0 saturated carbocycles. The van der Waals surface area contributed by atoms with Crippen molar-refractivity contribution < 1.29 is 14.3 Å². The summed E-state index contributed by atoms with van der Waals surface area (Å²) in [5.41, 5.74) is 1.80. The fourth-order valence-corrected chi connectivity index (χ4v) is 2.51. The van der Waals surface area contributed by atoms with Crippen LogP contribution in [0.15, 0.2) is 18.2 Å². The van der Waals surface area contributed by atoms with Crippen molar-refractivity contribution in [2.75, 3.05) is 58.9 Å². The zero-order chi connectivity index (χ0) is 15.9. The van der Waals surface area contributed by atoms with E-state index in [1.807, 2.05) is 30.0 Å². The number of nitrogens with one attached hydrogen (secondary N) is 1. The Bertz CT molecular complexity index is 499. The molecule has 1 fully saturated rings. The first-order valence-corrected chi connectivity index (χ1v) is 7.56. The van der Waals surface area contributed by atoms with Gasteiger partial charge in [-0.15, -0.1) is 0 Å². The number of hydrogen-bond acceptors (Lipinski definition) is 4. The van der Waals surface area contributed by atoms with E-state index in [9.17, 15) is 4.79 Å². The maximum absolute atomic E-state index is 12.4. The predicted octanol–water partition coefficient (Wildman–Crippen LogP) is 1.80. The van der Waals surface area contributed by atoms with Crippen molar-refractivity contribution in [3.63, 3.8) is 0 Å². The highest BCUT2D eigenvalue weighted by molar-refractivity contribution is 5.91. The van der Waals surface area contributed by atoms with Crippen LogP contribution in [0.3, 0.4) is 0 Å². The van der Waals surface area contributed by atoms with Crippen molar-refractivity contribution in [2.24, 2.45) is 0 Å². The van der Waals surface area contributed by atoms with Crippen LogP contribution in [-0.2, 0) is 4.74 Å². The third kappa shape index (κ3) is 4.35. The van der Waals surface area contributed by atoms with E-state index in [0.717, 1.165) is 44.9 Å². The average Bonchev–Trinajstić information content (AvgIpc) is 2.53. The lowest BCUT2D eigenvalue weighted by Gasteiger charge is -2.34. The van der Waals surface area contributed by atoms with Gasteiger partial charge in [0.25, 0.3) is 0 Å². The summed E-state index contributed by atoms with van der Waals surface area (Å²) in [4.78, 5) is 16.5. The molecule has 0 aliphatic carbocycles. The van der Waals surface area contributed by atoms with Crippen LogP contribution in [0.2, 0.25) is 0 Å². The maximum Gasteiger partial charge on any atom is 0.322 e. The molecule has 6 nitrogen and oxygen atoms in total. The topological polar surface area (TPSA) is 54.0 Å². The maximum atomic E-state index is 12.4. The molecule has 122 valence electrons. The molecule has 22 heavy (non-hydrogen) atoms. The summed E-state index contributed by atoms with van der Waals surface area (Å²) in [6.07, 6.45) is 0. The van der Waals surface area contributed by atoms with Crippen molar-refractivity contribution in [2.45, 2.75) is 6.92 Å². The van der Waals surface area contributed by atoms with E-state index in [-0.39, 0.29) is 6.03 Å². The van der Waals surface area contributed by atoms with Gasteiger partial charge in [0.15, 0.2) is 0 Å². The molecule has 1 aromatic carbocycles. The first-order chi connectivity index (χ1) is 10.6. The van der Waals surface area contributed by atoms with Gasteiger partial charge in [0, 0.05) is 39.8 Å². The quantitative estimate of drug-likeness (QED) is 0.901. The Morgan fingerprint density at radius 3 is 2.59 bits per heavy atom. The molecule has 0 spiro atoms. The number of amides is 2. The lowest BCUT2D eigenvalue weighted by atomic mass is 10.2. The van der Waals surface area contributed by atoms with Gasteiger partial charge in [-0.25, -0.2) is 4.79 Å². The van der Waals surface area contributed by atoms with Gasteiger partial charge in [0.05, 0.1) is 19.4 Å². The summed E-state index contributed by atoms with van der Waals surface area (Å²) < 4.78 is 10.4. The molecule has 2 amide bonds. The molecule has 1 saturated heterocycles. The minimum Gasteiger partial charge on any atom is -0.495 e. The third-order valence-electron chi connectivity index (χ3n) is 3.87. The van der Waals surface area contributed by atoms with Crippen LogP contribution >= 0.6 is 0 Å². The van der Waals surface area contributed by atoms with E-state index >= 15 is 0 Å². The number of nitrogens with zero attached hydrogens (tertiary/aromatic N) is 2. The molecular formula is C16H25N3O3. The highest BCUT2D eigenvalue weighted by Crippen LogP contribution is 2.25. The number of aryl methyl sites for hydroxylation is 1. The number of methoxy groups -OCH3 is 2. The Kier molecular flexibility index (Phi) is 6.03. The van der Waals surface area contributed by atoms with E-state index < -0.39 is 0 Å². The van der Waals surface area contributed by atoms with Crippen molar-refractivity contribution in [1.29, 1.82) is 0 Å². The van der Waals surface area contributed by atoms with Gasteiger partial charge in [-0.05, 0) is 24.6 Å². The van der Waals surface area contributed by atoms with Crippen molar-refractivity contribution in [3.8, 4) is 5.75 Å². The molecule has 1 aliphatic heterocycles. The standard InChI is InChI=1S/C16H25N3O3/c1-13-4-5-15(22-3)14(12-13)17-16(20)19-8-6-18(7-9-19)10-11-21-2/h4-5,12H,6-11H2,1-3H3,(H,17,20). The highest BCUT2D eigenvalue weighted by atomic mass is 16.5. The van der Waals surface area contributed by atoms with Crippen molar-refractivity contribution >= 4 is 11.7 Å². The minimum atomic E-state index is -0.0738. The number of carbonyl (C=O) groups is 1. The van der Waals surface area contributed by atoms with E-state index in [1.54, 1.807) is 14.2 Å². The van der Waals surface area contributed by atoms with Crippen LogP contribution in [-0.4, -0.2) is 69.4 Å². The van der Waals surface area contributed by atoms with E-state index in [1.165, 1.54) is 0 Å². The van der Waals surface area contributed by atoms with Crippen molar-refractivity contribution in [3.05, 3.63) is 23.8 Å². The largest absolute Gasteiger partial charge is 0.495 e. The van der Waals surface area contributed by atoms with Crippen LogP contribution in [0.5, 0.6) is 5.75 Å². The van der Waals surface area contributed by atoms with Crippen molar-refractivity contribution in [1.82, 2.24) is 9.80 Å². The molecule has 0 aromatic heterocycles. The molecule has 2 rings (SSSR count). The number of ether oxygens (including phenoxy) is 2. The molecule has 0 atom stereocenters. The molecule has 0 bridgehead atoms. The molecule has 1 aromatic rings. The molecule has 1 N–H and O–H groups in total. The minimum absolute atomic E-state index is 0.0738. The Balaban J connectivity index is 1.90. The lowest BCUT2D eigenvalue weighted by Crippen LogP contribution is -2.50. The Hall–Kier alpha value is -1.79. The van der Waals surface area contributed by atoms with Gasteiger partial charge in [0.1, 0.15) is 5.75 Å². The predicted molar refractivity (Wildman–Crippen MR) is 86.6 cm³/mol. The van der Waals surface area contributed by atoms with Gasteiger partial charge in [-0.3, -0.25) is 4.90 Å². The first-order valence-electron chi connectivity index (χ1n) is 7.56. The average molecular weight is 307 g/mol. The SMILES string of the molecule is COCCN1CCN(C(=O)Nc2cc(C)ccc2OC)CC1. The number of anilines is 1. The van der Waals surface area contributed by atoms with Crippen LogP contribution in [0.25, 0.3) is 0 Å². The van der Waals surface area contributed by atoms with Gasteiger partial charge < -0.3 is 19.7 Å². The Morgan fingerprint density at radius 1 is 1.23 bits per heavy atom. The Morgan fingerprint density at radius 2 is 1.95 bits per heavy atom. The summed E-state index contributed by atoms with van der Waals surface area (Å²) in [5, 5.41) is 2.95. The van der Waals surface area contributed by atoms with Crippen LogP contribution in [0.4, 0.5) is 10.5 Å². The normalized spacial score (nSPS) is 15.7. The summed E-state index contributed by atoms with van der Waals surface area (Å²) in [7, 11) is 3.31. The molecule has 0 radical (unpaired) electrons. The van der Waals surface area contributed by atoms with Crippen LogP contribution in [0, 0.1) is 6.92 Å².